The van der Waals surface area contributed by atoms with Crippen molar-refractivity contribution in [2.45, 2.75) is 65.0 Å². The van der Waals surface area contributed by atoms with Crippen molar-refractivity contribution in [1.29, 1.82) is 0 Å². The van der Waals surface area contributed by atoms with Gasteiger partial charge < -0.3 is 10.1 Å². The third-order valence-electron chi connectivity index (χ3n) is 3.93. The number of nitrogens with one attached hydrogen (secondary N) is 2. The van der Waals surface area contributed by atoms with E-state index in [4.69, 9.17) is 4.74 Å². The summed E-state index contributed by atoms with van der Waals surface area (Å²) in [5.41, 5.74) is 0.540. The molecule has 5 heteroatoms. The van der Waals surface area contributed by atoms with Crippen LogP contribution >= 0.6 is 0 Å². The molecule has 0 heterocycles. The van der Waals surface area contributed by atoms with Gasteiger partial charge in [-0.2, -0.15) is 0 Å². The molecule has 0 aromatic heterocycles. The zero-order valence-electron chi connectivity index (χ0n) is 14.4. The fraction of sp³-hybridized carbons (Fsp3) is 0.611. The van der Waals surface area contributed by atoms with Gasteiger partial charge >= 0.3 is 6.09 Å². The Balaban J connectivity index is 2.02. The first-order valence-electron chi connectivity index (χ1n) is 8.29. The van der Waals surface area contributed by atoms with Gasteiger partial charge in [-0.3, -0.25) is 5.32 Å². The van der Waals surface area contributed by atoms with Gasteiger partial charge in [0.25, 0.3) is 0 Å². The van der Waals surface area contributed by atoms with Gasteiger partial charge in [0.05, 0.1) is 11.4 Å². The Hall–Kier alpha value is -1.78. The SMILES string of the molecule is CC(CC1CCC1)Nc1cc(F)ccc1NC(=O)OC(C)(C)C. The number of amides is 1. The van der Waals surface area contributed by atoms with Crippen LogP contribution in [0.3, 0.4) is 0 Å². The lowest BCUT2D eigenvalue weighted by atomic mass is 9.81. The van der Waals surface area contributed by atoms with Crippen molar-refractivity contribution in [3.8, 4) is 0 Å². The summed E-state index contributed by atoms with van der Waals surface area (Å²) >= 11 is 0. The van der Waals surface area contributed by atoms with E-state index < -0.39 is 11.7 Å². The van der Waals surface area contributed by atoms with E-state index >= 15 is 0 Å². The molecule has 1 fully saturated rings. The number of halogens is 1. The summed E-state index contributed by atoms with van der Waals surface area (Å²) in [4.78, 5) is 11.9. The smallest absolute Gasteiger partial charge is 0.412 e. The van der Waals surface area contributed by atoms with Crippen LogP contribution in [0.2, 0.25) is 0 Å². The summed E-state index contributed by atoms with van der Waals surface area (Å²) in [6, 6.07) is 4.51. The van der Waals surface area contributed by atoms with E-state index in [0.29, 0.717) is 11.4 Å². The Labute approximate surface area is 137 Å². The number of hydrogen-bond donors (Lipinski definition) is 2. The van der Waals surface area contributed by atoms with Gasteiger partial charge in [-0.25, -0.2) is 9.18 Å². The standard InChI is InChI=1S/C18H27FN2O2/c1-12(10-13-6-5-7-13)20-16-11-14(19)8-9-15(16)21-17(22)23-18(2,3)4/h8-9,11-13,20H,5-7,10H2,1-4H3,(H,21,22). The molecule has 1 aromatic carbocycles. The summed E-state index contributed by atoms with van der Waals surface area (Å²) in [6.07, 6.45) is 4.38. The lowest BCUT2D eigenvalue weighted by Crippen LogP contribution is -2.28. The second-order valence-corrected chi connectivity index (χ2v) is 7.39. The molecule has 0 spiro atoms. The minimum Gasteiger partial charge on any atom is -0.444 e. The van der Waals surface area contributed by atoms with Gasteiger partial charge in [-0.05, 0) is 58.2 Å². The Morgan fingerprint density at radius 2 is 2.04 bits per heavy atom. The number of benzene rings is 1. The molecule has 1 saturated carbocycles. The van der Waals surface area contributed by atoms with Gasteiger partial charge in [0, 0.05) is 6.04 Å². The van der Waals surface area contributed by atoms with Crippen LogP contribution in [0.1, 0.15) is 53.4 Å². The number of anilines is 2. The fourth-order valence-electron chi connectivity index (χ4n) is 2.71. The van der Waals surface area contributed by atoms with E-state index in [-0.39, 0.29) is 11.9 Å². The van der Waals surface area contributed by atoms with E-state index in [1.807, 2.05) is 0 Å². The zero-order valence-corrected chi connectivity index (χ0v) is 14.4. The van der Waals surface area contributed by atoms with Crippen LogP contribution in [0.25, 0.3) is 0 Å². The molecule has 2 rings (SSSR count). The van der Waals surface area contributed by atoms with Gasteiger partial charge in [0.2, 0.25) is 0 Å². The quantitative estimate of drug-likeness (QED) is 0.787. The third-order valence-corrected chi connectivity index (χ3v) is 3.93. The molecule has 2 N–H and O–H groups in total. The maximum atomic E-state index is 13.6. The van der Waals surface area contributed by atoms with Crippen molar-refractivity contribution in [2.24, 2.45) is 5.92 Å². The lowest BCUT2D eigenvalue weighted by Gasteiger charge is -2.29. The van der Waals surface area contributed by atoms with Crippen LogP contribution in [0.5, 0.6) is 0 Å². The molecule has 0 bridgehead atoms. The number of rotatable bonds is 5. The first-order chi connectivity index (χ1) is 10.7. The average Bonchev–Trinajstić information content (AvgIpc) is 2.35. The van der Waals surface area contributed by atoms with Gasteiger partial charge in [0.15, 0.2) is 0 Å². The third kappa shape index (κ3) is 5.73. The predicted molar refractivity (Wildman–Crippen MR) is 91.3 cm³/mol. The van der Waals surface area contributed by atoms with Crippen molar-refractivity contribution in [3.63, 3.8) is 0 Å². The van der Waals surface area contributed by atoms with Crippen LogP contribution in [-0.2, 0) is 4.74 Å². The maximum absolute atomic E-state index is 13.6. The van der Waals surface area contributed by atoms with E-state index in [0.717, 1.165) is 12.3 Å². The van der Waals surface area contributed by atoms with Crippen LogP contribution < -0.4 is 10.6 Å². The van der Waals surface area contributed by atoms with Crippen LogP contribution in [0.15, 0.2) is 18.2 Å². The molecule has 1 aliphatic carbocycles. The van der Waals surface area contributed by atoms with Crippen molar-refractivity contribution in [1.82, 2.24) is 0 Å². The molecule has 1 atom stereocenters. The second kappa shape index (κ2) is 7.20. The minimum atomic E-state index is -0.574. The molecule has 0 aliphatic heterocycles. The van der Waals surface area contributed by atoms with E-state index in [1.165, 1.54) is 31.4 Å². The highest BCUT2D eigenvalue weighted by Crippen LogP contribution is 2.32. The first kappa shape index (κ1) is 17.6. The van der Waals surface area contributed by atoms with E-state index in [2.05, 4.69) is 17.6 Å². The summed E-state index contributed by atoms with van der Waals surface area (Å²) in [6.45, 7) is 7.49. The molecule has 0 radical (unpaired) electrons. The fourth-order valence-corrected chi connectivity index (χ4v) is 2.71. The highest BCUT2D eigenvalue weighted by atomic mass is 19.1. The molecular formula is C18H27FN2O2. The van der Waals surface area contributed by atoms with E-state index in [1.54, 1.807) is 26.8 Å². The molecule has 1 aliphatic rings. The topological polar surface area (TPSA) is 50.4 Å². The number of hydrogen-bond acceptors (Lipinski definition) is 3. The predicted octanol–water partition coefficient (Wildman–Crippen LogP) is 5.16. The van der Waals surface area contributed by atoms with Crippen LogP contribution in [0.4, 0.5) is 20.6 Å². The Morgan fingerprint density at radius 3 is 2.61 bits per heavy atom. The van der Waals surface area contributed by atoms with Gasteiger partial charge in [0.1, 0.15) is 11.4 Å². The summed E-state index contributed by atoms with van der Waals surface area (Å²) in [5.74, 6) is 0.423. The van der Waals surface area contributed by atoms with Crippen LogP contribution in [0, 0.1) is 11.7 Å². The second-order valence-electron chi connectivity index (χ2n) is 7.39. The van der Waals surface area contributed by atoms with E-state index in [9.17, 15) is 9.18 Å². The van der Waals surface area contributed by atoms with Crippen molar-refractivity contribution >= 4 is 17.5 Å². The maximum Gasteiger partial charge on any atom is 0.412 e. The molecule has 4 nitrogen and oxygen atoms in total. The highest BCUT2D eigenvalue weighted by molar-refractivity contribution is 5.89. The summed E-state index contributed by atoms with van der Waals surface area (Å²) < 4.78 is 18.8. The highest BCUT2D eigenvalue weighted by Gasteiger charge is 2.21. The van der Waals surface area contributed by atoms with Gasteiger partial charge in [-0.1, -0.05) is 19.3 Å². The molecule has 23 heavy (non-hydrogen) atoms. The van der Waals surface area contributed by atoms with Crippen molar-refractivity contribution < 1.29 is 13.9 Å². The zero-order chi connectivity index (χ0) is 17.0. The first-order valence-corrected chi connectivity index (χ1v) is 8.29. The summed E-state index contributed by atoms with van der Waals surface area (Å²) in [5, 5.41) is 6.00. The minimum absolute atomic E-state index is 0.223. The molecule has 1 unspecified atom stereocenters. The molecule has 0 saturated heterocycles. The lowest BCUT2D eigenvalue weighted by molar-refractivity contribution is 0.0636. The molecule has 128 valence electrons. The molecule has 1 amide bonds. The van der Waals surface area contributed by atoms with Crippen LogP contribution in [-0.4, -0.2) is 17.7 Å². The largest absolute Gasteiger partial charge is 0.444 e. The normalized spacial score (nSPS) is 16.4. The molecular weight excluding hydrogens is 295 g/mol. The Kier molecular flexibility index (Phi) is 5.50. The molecule has 1 aromatic rings. The Morgan fingerprint density at radius 1 is 1.35 bits per heavy atom. The average molecular weight is 322 g/mol. The monoisotopic (exact) mass is 322 g/mol. The number of ether oxygens (including phenoxy) is 1. The van der Waals surface area contributed by atoms with Gasteiger partial charge in [-0.15, -0.1) is 0 Å². The van der Waals surface area contributed by atoms with Crippen molar-refractivity contribution in [3.05, 3.63) is 24.0 Å². The summed E-state index contributed by atoms with van der Waals surface area (Å²) in [7, 11) is 0. The van der Waals surface area contributed by atoms with Crippen molar-refractivity contribution in [2.75, 3.05) is 10.6 Å². The Bertz CT molecular complexity index is 550. The number of carbonyl (C=O) groups is 1. The number of carbonyl (C=O) groups excluding carboxylic acids is 1.